The van der Waals surface area contributed by atoms with Crippen molar-refractivity contribution in [3.05, 3.63) is 35.1 Å². The van der Waals surface area contributed by atoms with Crippen LogP contribution in [0.1, 0.15) is 33.1 Å². The number of nitrogens with zero attached hydrogens (tertiary/aromatic N) is 2. The fourth-order valence-electron chi connectivity index (χ4n) is 3.14. The maximum Gasteiger partial charge on any atom is 0.129 e. The van der Waals surface area contributed by atoms with Crippen LogP contribution in [0.3, 0.4) is 0 Å². The Kier molecular flexibility index (Phi) is 6.95. The van der Waals surface area contributed by atoms with E-state index >= 15 is 0 Å². The van der Waals surface area contributed by atoms with E-state index in [4.69, 9.17) is 0 Å². The van der Waals surface area contributed by atoms with Gasteiger partial charge in [-0.3, -0.25) is 4.90 Å². The lowest BCUT2D eigenvalue weighted by molar-refractivity contribution is 0.162. The molecule has 0 bridgehead atoms. The number of allylic oxidation sites excluding steroid dienone is 5. The third-order valence-corrected chi connectivity index (χ3v) is 5.33. The molecule has 0 saturated carbocycles. The Balaban J connectivity index is 2.16. The van der Waals surface area contributed by atoms with E-state index in [2.05, 4.69) is 73.0 Å². The van der Waals surface area contributed by atoms with Crippen LogP contribution >= 0.6 is 0 Å². The standard InChI is InChI=1S/C21H34N2Si/c1-6-11-22-12-14-23(15-13-22)21-9-7-8-19(2)17-20(18-21)10-16-24(3,4)5/h9,17-18H,6-8,11-15H2,1-5H3. The Morgan fingerprint density at radius 1 is 1.08 bits per heavy atom. The van der Waals surface area contributed by atoms with Crippen molar-refractivity contribution in [2.24, 2.45) is 0 Å². The molecule has 1 aliphatic heterocycles. The van der Waals surface area contributed by atoms with Crippen molar-refractivity contribution in [3.63, 3.8) is 0 Å². The molecule has 132 valence electrons. The lowest BCUT2D eigenvalue weighted by Crippen LogP contribution is -2.45. The second-order valence-corrected chi connectivity index (χ2v) is 12.8. The van der Waals surface area contributed by atoms with E-state index in [0.717, 1.165) is 25.9 Å². The van der Waals surface area contributed by atoms with Crippen LogP contribution in [0, 0.1) is 11.5 Å². The molecule has 1 aliphatic carbocycles. The number of hydrogen-bond donors (Lipinski definition) is 0. The van der Waals surface area contributed by atoms with Crippen molar-refractivity contribution >= 4 is 8.07 Å². The average molecular weight is 343 g/mol. The van der Waals surface area contributed by atoms with E-state index in [1.54, 1.807) is 0 Å². The minimum Gasteiger partial charge on any atom is -0.369 e. The normalized spacial score (nSPS) is 20.2. The van der Waals surface area contributed by atoms with Gasteiger partial charge in [0.2, 0.25) is 0 Å². The highest BCUT2D eigenvalue weighted by molar-refractivity contribution is 6.83. The molecule has 1 heterocycles. The summed E-state index contributed by atoms with van der Waals surface area (Å²) in [6, 6.07) is 0. The maximum atomic E-state index is 3.53. The largest absolute Gasteiger partial charge is 0.369 e. The molecule has 0 aromatic rings. The van der Waals surface area contributed by atoms with Gasteiger partial charge in [-0.1, -0.05) is 44.1 Å². The summed E-state index contributed by atoms with van der Waals surface area (Å²) in [5.74, 6) is 3.48. The highest BCUT2D eigenvalue weighted by Crippen LogP contribution is 2.20. The van der Waals surface area contributed by atoms with E-state index in [0.29, 0.717) is 0 Å². The molecule has 0 amide bonds. The van der Waals surface area contributed by atoms with Gasteiger partial charge in [0.15, 0.2) is 0 Å². The molecule has 0 aromatic heterocycles. The second-order valence-electron chi connectivity index (χ2n) is 8.09. The third-order valence-electron chi connectivity index (χ3n) is 4.46. The third kappa shape index (κ3) is 6.34. The smallest absolute Gasteiger partial charge is 0.129 e. The Bertz CT molecular complexity index is 573. The average Bonchev–Trinajstić information content (AvgIpc) is 2.49. The minimum absolute atomic E-state index is 1.14. The summed E-state index contributed by atoms with van der Waals surface area (Å²) in [5.41, 5.74) is 7.54. The molecule has 0 aromatic carbocycles. The first kappa shape index (κ1) is 19.1. The predicted molar refractivity (Wildman–Crippen MR) is 109 cm³/mol. The van der Waals surface area contributed by atoms with Gasteiger partial charge in [0.05, 0.1) is 0 Å². The summed E-state index contributed by atoms with van der Waals surface area (Å²) in [6.45, 7) is 17.3. The van der Waals surface area contributed by atoms with Crippen LogP contribution < -0.4 is 0 Å². The molecule has 24 heavy (non-hydrogen) atoms. The molecule has 3 heteroatoms. The van der Waals surface area contributed by atoms with Crippen LogP contribution in [0.15, 0.2) is 35.1 Å². The second kappa shape index (κ2) is 8.74. The first-order valence-corrected chi connectivity index (χ1v) is 13.0. The van der Waals surface area contributed by atoms with Crippen LogP contribution in [0.5, 0.6) is 0 Å². The zero-order chi connectivity index (χ0) is 17.6. The molecule has 1 fully saturated rings. The van der Waals surface area contributed by atoms with E-state index in [1.807, 2.05) is 0 Å². The van der Waals surface area contributed by atoms with Gasteiger partial charge in [-0.05, 0) is 44.9 Å². The van der Waals surface area contributed by atoms with Gasteiger partial charge < -0.3 is 4.90 Å². The maximum absolute atomic E-state index is 3.53. The van der Waals surface area contributed by atoms with Crippen molar-refractivity contribution in [2.75, 3.05) is 32.7 Å². The molecule has 0 spiro atoms. The molecule has 0 unspecified atom stereocenters. The van der Waals surface area contributed by atoms with Gasteiger partial charge in [0.25, 0.3) is 0 Å². The zero-order valence-corrected chi connectivity index (χ0v) is 17.3. The van der Waals surface area contributed by atoms with Gasteiger partial charge in [0, 0.05) is 37.4 Å². The highest BCUT2D eigenvalue weighted by atomic mass is 28.3. The molecule has 2 rings (SSSR count). The zero-order valence-electron chi connectivity index (χ0n) is 16.3. The lowest BCUT2D eigenvalue weighted by Gasteiger charge is -2.36. The van der Waals surface area contributed by atoms with Crippen LogP contribution in [0.25, 0.3) is 0 Å². The monoisotopic (exact) mass is 342 g/mol. The number of rotatable bonds is 3. The van der Waals surface area contributed by atoms with Crippen LogP contribution in [0.4, 0.5) is 0 Å². The molecular weight excluding hydrogens is 308 g/mol. The Hall–Kier alpha value is -1.24. The summed E-state index contributed by atoms with van der Waals surface area (Å²) in [5, 5.41) is 0. The topological polar surface area (TPSA) is 6.48 Å². The Morgan fingerprint density at radius 2 is 1.79 bits per heavy atom. The van der Waals surface area contributed by atoms with E-state index in [9.17, 15) is 0 Å². The molecule has 0 radical (unpaired) electrons. The van der Waals surface area contributed by atoms with Crippen molar-refractivity contribution in [2.45, 2.75) is 52.8 Å². The van der Waals surface area contributed by atoms with Crippen molar-refractivity contribution in [1.82, 2.24) is 9.80 Å². The lowest BCUT2D eigenvalue weighted by atomic mass is 10.0. The van der Waals surface area contributed by atoms with Crippen LogP contribution in [-0.2, 0) is 0 Å². The summed E-state index contributed by atoms with van der Waals surface area (Å²) in [4.78, 5) is 5.14. The summed E-state index contributed by atoms with van der Waals surface area (Å²) < 4.78 is 0. The van der Waals surface area contributed by atoms with Gasteiger partial charge in [-0.15, -0.1) is 5.54 Å². The molecular formula is C21H34N2Si. The summed E-state index contributed by atoms with van der Waals surface area (Å²) in [6.07, 6.45) is 10.6. The highest BCUT2D eigenvalue weighted by Gasteiger charge is 2.18. The molecule has 0 atom stereocenters. The van der Waals surface area contributed by atoms with E-state index < -0.39 is 8.07 Å². The first-order valence-electron chi connectivity index (χ1n) is 9.47. The fourth-order valence-corrected chi connectivity index (χ4v) is 3.66. The minimum atomic E-state index is -1.34. The molecule has 1 saturated heterocycles. The first-order chi connectivity index (χ1) is 11.4. The summed E-state index contributed by atoms with van der Waals surface area (Å²) >= 11 is 0. The Morgan fingerprint density at radius 3 is 2.42 bits per heavy atom. The van der Waals surface area contributed by atoms with E-state index in [-0.39, 0.29) is 0 Å². The summed E-state index contributed by atoms with van der Waals surface area (Å²) in [7, 11) is -1.34. The van der Waals surface area contributed by atoms with Gasteiger partial charge in [-0.25, -0.2) is 0 Å². The number of piperazine rings is 1. The fraction of sp³-hybridized carbons (Fsp3) is 0.619. The van der Waals surface area contributed by atoms with Crippen molar-refractivity contribution < 1.29 is 0 Å². The SMILES string of the molecule is CCCN1CCN(C2=CCCC(C)=CC(C#C[Si](C)(C)C)=C2)CC1. The van der Waals surface area contributed by atoms with Gasteiger partial charge >= 0.3 is 0 Å². The molecule has 2 aliphatic rings. The molecule has 2 nitrogen and oxygen atoms in total. The van der Waals surface area contributed by atoms with Crippen LogP contribution in [0.2, 0.25) is 19.6 Å². The molecule has 0 N–H and O–H groups in total. The van der Waals surface area contributed by atoms with Crippen molar-refractivity contribution in [1.29, 1.82) is 0 Å². The quantitative estimate of drug-likeness (QED) is 0.552. The van der Waals surface area contributed by atoms with Crippen LogP contribution in [-0.4, -0.2) is 50.6 Å². The van der Waals surface area contributed by atoms with Crippen molar-refractivity contribution in [3.8, 4) is 11.5 Å². The predicted octanol–water partition coefficient (Wildman–Crippen LogP) is 4.45. The Labute approximate surface area is 150 Å². The van der Waals surface area contributed by atoms with E-state index in [1.165, 1.54) is 42.9 Å². The van der Waals surface area contributed by atoms with Gasteiger partial charge in [0.1, 0.15) is 8.07 Å². The number of hydrogen-bond acceptors (Lipinski definition) is 2. The van der Waals surface area contributed by atoms with Gasteiger partial charge in [-0.2, -0.15) is 0 Å².